The molecule has 0 radical (unpaired) electrons. The largest absolute Gasteiger partial charge is 0.416 e. The van der Waals surface area contributed by atoms with Gasteiger partial charge in [0.25, 0.3) is 0 Å². The molecule has 4 heteroatoms. The van der Waals surface area contributed by atoms with Crippen molar-refractivity contribution in [2.45, 2.75) is 46.2 Å². The van der Waals surface area contributed by atoms with Crippen LogP contribution in [-0.2, 0) is 12.6 Å². The van der Waals surface area contributed by atoms with Gasteiger partial charge in [-0.3, -0.25) is 0 Å². The molecule has 20 heavy (non-hydrogen) atoms. The Hall–Kier alpha value is -1.03. The zero-order chi connectivity index (χ0) is 15.2. The highest BCUT2D eigenvalue weighted by atomic mass is 19.4. The number of rotatable bonds is 7. The van der Waals surface area contributed by atoms with Crippen LogP contribution in [0.5, 0.6) is 0 Å². The van der Waals surface area contributed by atoms with E-state index in [4.69, 9.17) is 0 Å². The van der Waals surface area contributed by atoms with Crippen molar-refractivity contribution in [3.05, 3.63) is 35.4 Å². The lowest BCUT2D eigenvalue weighted by atomic mass is 9.79. The summed E-state index contributed by atoms with van der Waals surface area (Å²) in [5.41, 5.74) is 0.474. The second-order valence-electron chi connectivity index (χ2n) is 5.71. The molecule has 0 aliphatic carbocycles. The molecule has 0 fully saturated rings. The fourth-order valence-electron chi connectivity index (χ4n) is 2.57. The summed E-state index contributed by atoms with van der Waals surface area (Å²) in [6.45, 7) is 8.18. The predicted octanol–water partition coefficient (Wildman–Crippen LogP) is 4.66. The lowest BCUT2D eigenvalue weighted by molar-refractivity contribution is -0.137. The summed E-state index contributed by atoms with van der Waals surface area (Å²) < 4.78 is 37.6. The summed E-state index contributed by atoms with van der Waals surface area (Å²) in [5.74, 6) is 0. The topological polar surface area (TPSA) is 12.0 Å². The molecule has 0 aliphatic rings. The highest BCUT2D eigenvalue weighted by Gasteiger charge is 2.30. The minimum absolute atomic E-state index is 0.0878. The van der Waals surface area contributed by atoms with E-state index in [9.17, 15) is 13.2 Å². The van der Waals surface area contributed by atoms with Gasteiger partial charge in [-0.15, -0.1) is 0 Å². The molecule has 0 saturated carbocycles. The van der Waals surface area contributed by atoms with Crippen LogP contribution in [0.2, 0.25) is 0 Å². The first-order chi connectivity index (χ1) is 9.30. The van der Waals surface area contributed by atoms with Gasteiger partial charge in [0.15, 0.2) is 0 Å². The van der Waals surface area contributed by atoms with Gasteiger partial charge in [0.2, 0.25) is 0 Å². The Morgan fingerprint density at radius 2 is 1.65 bits per heavy atom. The van der Waals surface area contributed by atoms with Gasteiger partial charge in [-0.25, -0.2) is 0 Å². The Bertz CT molecular complexity index is 397. The third kappa shape index (κ3) is 5.16. The molecule has 1 N–H and O–H groups in total. The molecule has 1 atom stereocenters. The minimum Gasteiger partial charge on any atom is -0.316 e. The standard InChI is InChI=1S/C16H24F3N/c1-4-10-15(3,12-20-5-2)11-13-6-8-14(9-7-13)16(17,18)19/h6-9,20H,4-5,10-12H2,1-3H3. The van der Waals surface area contributed by atoms with Crippen molar-refractivity contribution >= 4 is 0 Å². The van der Waals surface area contributed by atoms with Gasteiger partial charge in [0, 0.05) is 6.54 Å². The molecule has 0 saturated heterocycles. The molecule has 0 spiro atoms. The lowest BCUT2D eigenvalue weighted by Crippen LogP contribution is -2.33. The molecule has 114 valence electrons. The second-order valence-corrected chi connectivity index (χ2v) is 5.71. The van der Waals surface area contributed by atoms with Crippen LogP contribution < -0.4 is 5.32 Å². The SMILES string of the molecule is CCCC(C)(CNCC)Cc1ccc(C(F)(F)F)cc1. The zero-order valence-corrected chi connectivity index (χ0v) is 12.5. The number of hydrogen-bond donors (Lipinski definition) is 1. The van der Waals surface area contributed by atoms with Gasteiger partial charge in [-0.05, 0) is 42.5 Å². The van der Waals surface area contributed by atoms with E-state index in [1.807, 2.05) is 0 Å². The molecule has 0 bridgehead atoms. The van der Waals surface area contributed by atoms with E-state index in [1.165, 1.54) is 12.1 Å². The maximum Gasteiger partial charge on any atom is 0.416 e. The maximum atomic E-state index is 12.5. The molecule has 1 aromatic rings. The van der Waals surface area contributed by atoms with Crippen molar-refractivity contribution in [3.8, 4) is 0 Å². The average Bonchev–Trinajstić information content (AvgIpc) is 2.36. The summed E-state index contributed by atoms with van der Waals surface area (Å²) in [6.07, 6.45) is -1.33. The third-order valence-corrected chi connectivity index (χ3v) is 3.57. The van der Waals surface area contributed by atoms with E-state index in [0.29, 0.717) is 0 Å². The van der Waals surface area contributed by atoms with Crippen molar-refractivity contribution in [2.24, 2.45) is 5.41 Å². The molecule has 1 aromatic carbocycles. The van der Waals surface area contributed by atoms with Crippen LogP contribution in [0.4, 0.5) is 13.2 Å². The monoisotopic (exact) mass is 287 g/mol. The first kappa shape index (κ1) is 17.0. The smallest absolute Gasteiger partial charge is 0.316 e. The molecular formula is C16H24F3N. The third-order valence-electron chi connectivity index (χ3n) is 3.57. The fraction of sp³-hybridized carbons (Fsp3) is 0.625. The molecule has 1 rings (SSSR count). The van der Waals surface area contributed by atoms with Crippen LogP contribution in [0.1, 0.15) is 44.7 Å². The van der Waals surface area contributed by atoms with E-state index in [-0.39, 0.29) is 5.41 Å². The van der Waals surface area contributed by atoms with Crippen molar-refractivity contribution < 1.29 is 13.2 Å². The maximum absolute atomic E-state index is 12.5. The van der Waals surface area contributed by atoms with E-state index in [2.05, 4.69) is 26.1 Å². The van der Waals surface area contributed by atoms with Gasteiger partial charge < -0.3 is 5.32 Å². The van der Waals surface area contributed by atoms with Crippen LogP contribution in [0.3, 0.4) is 0 Å². The van der Waals surface area contributed by atoms with Gasteiger partial charge in [0.05, 0.1) is 5.56 Å². The van der Waals surface area contributed by atoms with E-state index < -0.39 is 11.7 Å². The van der Waals surface area contributed by atoms with Gasteiger partial charge in [-0.2, -0.15) is 13.2 Å². The number of halogens is 3. The van der Waals surface area contributed by atoms with Crippen LogP contribution in [0, 0.1) is 5.41 Å². The molecule has 1 nitrogen and oxygen atoms in total. The number of benzene rings is 1. The van der Waals surface area contributed by atoms with Crippen LogP contribution in [-0.4, -0.2) is 13.1 Å². The lowest BCUT2D eigenvalue weighted by Gasteiger charge is -2.30. The Labute approximate surface area is 119 Å². The Kier molecular flexibility index (Phi) is 6.06. The molecule has 0 aromatic heterocycles. The summed E-state index contributed by atoms with van der Waals surface area (Å²) in [5, 5.41) is 3.35. The van der Waals surface area contributed by atoms with Crippen molar-refractivity contribution in [1.29, 1.82) is 0 Å². The molecular weight excluding hydrogens is 263 g/mol. The summed E-state index contributed by atoms with van der Waals surface area (Å²) in [7, 11) is 0. The minimum atomic E-state index is -4.25. The average molecular weight is 287 g/mol. The summed E-state index contributed by atoms with van der Waals surface area (Å²) in [6, 6.07) is 5.55. The predicted molar refractivity (Wildman–Crippen MR) is 76.7 cm³/mol. The summed E-state index contributed by atoms with van der Waals surface area (Å²) >= 11 is 0. The zero-order valence-electron chi connectivity index (χ0n) is 12.5. The highest BCUT2D eigenvalue weighted by molar-refractivity contribution is 5.25. The fourth-order valence-corrected chi connectivity index (χ4v) is 2.57. The normalized spacial score (nSPS) is 15.1. The van der Waals surface area contributed by atoms with E-state index in [0.717, 1.165) is 37.9 Å². The molecule has 1 unspecified atom stereocenters. The summed E-state index contributed by atoms with van der Waals surface area (Å²) in [4.78, 5) is 0. The molecule has 0 heterocycles. The molecule has 0 amide bonds. The van der Waals surface area contributed by atoms with E-state index >= 15 is 0 Å². The van der Waals surface area contributed by atoms with Crippen LogP contribution in [0.15, 0.2) is 24.3 Å². The van der Waals surface area contributed by atoms with Gasteiger partial charge in [-0.1, -0.05) is 39.3 Å². The first-order valence-electron chi connectivity index (χ1n) is 7.17. The quantitative estimate of drug-likeness (QED) is 0.769. The number of alkyl halides is 3. The first-order valence-corrected chi connectivity index (χ1v) is 7.17. The number of nitrogens with one attached hydrogen (secondary N) is 1. The van der Waals surface area contributed by atoms with Gasteiger partial charge >= 0.3 is 6.18 Å². The van der Waals surface area contributed by atoms with Crippen LogP contribution in [0.25, 0.3) is 0 Å². The van der Waals surface area contributed by atoms with Crippen molar-refractivity contribution in [1.82, 2.24) is 5.32 Å². The van der Waals surface area contributed by atoms with Gasteiger partial charge in [0.1, 0.15) is 0 Å². The molecule has 0 aliphatic heterocycles. The van der Waals surface area contributed by atoms with E-state index in [1.54, 1.807) is 12.1 Å². The Balaban J connectivity index is 2.78. The number of hydrogen-bond acceptors (Lipinski definition) is 1. The Morgan fingerprint density at radius 3 is 2.10 bits per heavy atom. The van der Waals surface area contributed by atoms with Crippen molar-refractivity contribution in [3.63, 3.8) is 0 Å². The van der Waals surface area contributed by atoms with Crippen LogP contribution >= 0.6 is 0 Å². The van der Waals surface area contributed by atoms with Crippen molar-refractivity contribution in [2.75, 3.05) is 13.1 Å². The highest BCUT2D eigenvalue weighted by Crippen LogP contribution is 2.31. The second kappa shape index (κ2) is 7.11. The Morgan fingerprint density at radius 1 is 1.05 bits per heavy atom.